The smallest absolute Gasteiger partial charge is 0.184 e. The Morgan fingerprint density at radius 3 is 2.89 bits per heavy atom. The van der Waals surface area contributed by atoms with Gasteiger partial charge in [0.05, 0.1) is 0 Å². The van der Waals surface area contributed by atoms with Crippen LogP contribution in [0.5, 0.6) is 0 Å². The Morgan fingerprint density at radius 1 is 1.32 bits per heavy atom. The van der Waals surface area contributed by atoms with Crippen molar-refractivity contribution in [3.63, 3.8) is 0 Å². The van der Waals surface area contributed by atoms with Crippen LogP contribution in [0, 0.1) is 11.8 Å². The third-order valence-electron chi connectivity index (χ3n) is 4.18. The maximum Gasteiger partial charge on any atom is 0.184 e. The lowest BCUT2D eigenvalue weighted by atomic mass is 9.98. The van der Waals surface area contributed by atoms with Crippen LogP contribution in [0.25, 0.3) is 11.4 Å². The van der Waals surface area contributed by atoms with Gasteiger partial charge >= 0.3 is 0 Å². The number of nitrogens with zero attached hydrogens (tertiary/aromatic N) is 4. The Hall–Kier alpha value is -1.91. The molecule has 0 radical (unpaired) electrons. The maximum atomic E-state index is 6.01. The molecule has 0 aliphatic heterocycles. The van der Waals surface area contributed by atoms with Crippen LogP contribution in [-0.4, -0.2) is 20.2 Å². The molecule has 2 unspecified atom stereocenters. The molecule has 1 aromatic heterocycles. The van der Waals surface area contributed by atoms with E-state index in [-0.39, 0.29) is 0 Å². The van der Waals surface area contributed by atoms with Crippen LogP contribution in [0.3, 0.4) is 0 Å². The summed E-state index contributed by atoms with van der Waals surface area (Å²) in [6.07, 6.45) is 3.90. The van der Waals surface area contributed by atoms with E-state index in [1.54, 1.807) is 0 Å². The largest absolute Gasteiger partial charge is 0.398 e. The summed E-state index contributed by atoms with van der Waals surface area (Å²) in [7, 11) is 0. The van der Waals surface area contributed by atoms with Gasteiger partial charge in [-0.25, -0.2) is 4.68 Å². The molecule has 1 fully saturated rings. The van der Waals surface area contributed by atoms with Gasteiger partial charge in [0.2, 0.25) is 0 Å². The fourth-order valence-corrected chi connectivity index (χ4v) is 2.94. The summed E-state index contributed by atoms with van der Waals surface area (Å²) in [4.78, 5) is 0. The molecule has 100 valence electrons. The van der Waals surface area contributed by atoms with Crippen molar-refractivity contribution in [2.24, 2.45) is 11.8 Å². The van der Waals surface area contributed by atoms with Crippen molar-refractivity contribution in [2.45, 2.75) is 32.7 Å². The second-order valence-electron chi connectivity index (χ2n) is 5.44. The van der Waals surface area contributed by atoms with Gasteiger partial charge in [-0.15, -0.1) is 5.10 Å². The summed E-state index contributed by atoms with van der Waals surface area (Å²) >= 11 is 0. The van der Waals surface area contributed by atoms with Crippen molar-refractivity contribution >= 4 is 5.69 Å². The molecule has 1 heterocycles. The van der Waals surface area contributed by atoms with Gasteiger partial charge in [0.1, 0.15) is 0 Å². The summed E-state index contributed by atoms with van der Waals surface area (Å²) in [6, 6.07) is 7.73. The second-order valence-corrected chi connectivity index (χ2v) is 5.44. The lowest BCUT2D eigenvalue weighted by Gasteiger charge is -2.15. The SMILES string of the molecule is CC1CCCC1Cn1nnnc1-c1ccccc1N. The molecule has 5 heteroatoms. The minimum absolute atomic E-state index is 0.673. The van der Waals surface area contributed by atoms with Crippen LogP contribution in [0.15, 0.2) is 24.3 Å². The lowest BCUT2D eigenvalue weighted by Crippen LogP contribution is -2.15. The molecule has 1 aliphatic rings. The van der Waals surface area contributed by atoms with Gasteiger partial charge in [0, 0.05) is 17.8 Å². The minimum Gasteiger partial charge on any atom is -0.398 e. The Balaban J connectivity index is 1.88. The van der Waals surface area contributed by atoms with Gasteiger partial charge in [0.15, 0.2) is 5.82 Å². The monoisotopic (exact) mass is 257 g/mol. The van der Waals surface area contributed by atoms with Crippen molar-refractivity contribution in [3.05, 3.63) is 24.3 Å². The number of rotatable bonds is 3. The third-order valence-corrected chi connectivity index (χ3v) is 4.18. The van der Waals surface area contributed by atoms with Gasteiger partial charge in [-0.2, -0.15) is 0 Å². The minimum atomic E-state index is 0.673. The standard InChI is InChI=1S/C14H19N5/c1-10-5-4-6-11(10)9-19-14(16-17-18-19)12-7-2-3-8-13(12)15/h2-3,7-8,10-11H,4-6,9,15H2,1H3. The van der Waals surface area contributed by atoms with Crippen LogP contribution in [0.4, 0.5) is 5.69 Å². The first kappa shape index (κ1) is 12.1. The highest BCUT2D eigenvalue weighted by molar-refractivity contribution is 5.70. The van der Waals surface area contributed by atoms with Crippen LogP contribution in [0.1, 0.15) is 26.2 Å². The van der Waals surface area contributed by atoms with Gasteiger partial charge in [-0.1, -0.05) is 31.9 Å². The van der Waals surface area contributed by atoms with E-state index >= 15 is 0 Å². The predicted octanol–water partition coefficient (Wildman–Crippen LogP) is 2.36. The Bertz CT molecular complexity index is 562. The molecule has 2 atom stereocenters. The molecule has 2 N–H and O–H groups in total. The molecule has 0 saturated heterocycles. The first-order chi connectivity index (χ1) is 9.25. The average molecular weight is 257 g/mol. The van der Waals surface area contributed by atoms with Crippen molar-refractivity contribution in [3.8, 4) is 11.4 Å². The van der Waals surface area contributed by atoms with Crippen molar-refractivity contribution in [1.82, 2.24) is 20.2 Å². The molecule has 1 saturated carbocycles. The van der Waals surface area contributed by atoms with E-state index in [4.69, 9.17) is 5.73 Å². The fourth-order valence-electron chi connectivity index (χ4n) is 2.94. The summed E-state index contributed by atoms with van der Waals surface area (Å²) in [5.74, 6) is 2.20. The first-order valence-corrected chi connectivity index (χ1v) is 6.86. The number of hydrogen-bond acceptors (Lipinski definition) is 4. The number of tetrazole rings is 1. The van der Waals surface area contributed by atoms with E-state index in [1.165, 1.54) is 19.3 Å². The fraction of sp³-hybridized carbons (Fsp3) is 0.500. The summed E-state index contributed by atoms with van der Waals surface area (Å²) < 4.78 is 1.90. The molecule has 1 aliphatic carbocycles. The van der Waals surface area contributed by atoms with Crippen molar-refractivity contribution in [1.29, 1.82) is 0 Å². The van der Waals surface area contributed by atoms with E-state index in [2.05, 4.69) is 22.4 Å². The van der Waals surface area contributed by atoms with E-state index in [1.807, 2.05) is 28.9 Å². The first-order valence-electron chi connectivity index (χ1n) is 6.86. The number of para-hydroxylation sites is 1. The normalized spacial score (nSPS) is 22.8. The lowest BCUT2D eigenvalue weighted by molar-refractivity contribution is 0.346. The molecule has 1 aromatic carbocycles. The zero-order chi connectivity index (χ0) is 13.2. The zero-order valence-corrected chi connectivity index (χ0v) is 11.2. The predicted molar refractivity (Wildman–Crippen MR) is 74.2 cm³/mol. The van der Waals surface area contributed by atoms with Crippen LogP contribution in [0.2, 0.25) is 0 Å². The maximum absolute atomic E-state index is 6.01. The van der Waals surface area contributed by atoms with E-state index in [0.717, 1.165) is 29.5 Å². The second kappa shape index (κ2) is 4.99. The van der Waals surface area contributed by atoms with E-state index in [9.17, 15) is 0 Å². The topological polar surface area (TPSA) is 69.6 Å². The number of benzene rings is 1. The highest BCUT2D eigenvalue weighted by Crippen LogP contribution is 2.33. The molecule has 0 bridgehead atoms. The Morgan fingerprint density at radius 2 is 2.16 bits per heavy atom. The zero-order valence-electron chi connectivity index (χ0n) is 11.2. The van der Waals surface area contributed by atoms with E-state index in [0.29, 0.717) is 5.92 Å². The van der Waals surface area contributed by atoms with Gasteiger partial charge < -0.3 is 5.73 Å². The van der Waals surface area contributed by atoms with Gasteiger partial charge in [0.25, 0.3) is 0 Å². The third kappa shape index (κ3) is 2.32. The summed E-state index contributed by atoms with van der Waals surface area (Å²) in [6.45, 7) is 3.20. The summed E-state index contributed by atoms with van der Waals surface area (Å²) in [5.41, 5.74) is 7.64. The van der Waals surface area contributed by atoms with Crippen LogP contribution in [-0.2, 0) is 6.54 Å². The molecule has 3 rings (SSSR count). The number of aromatic nitrogens is 4. The van der Waals surface area contributed by atoms with Gasteiger partial charge in [-0.3, -0.25) is 0 Å². The molecule has 19 heavy (non-hydrogen) atoms. The van der Waals surface area contributed by atoms with Crippen LogP contribution < -0.4 is 5.73 Å². The Kier molecular flexibility index (Phi) is 3.19. The highest BCUT2D eigenvalue weighted by atomic mass is 15.5. The number of anilines is 1. The molecule has 0 spiro atoms. The van der Waals surface area contributed by atoms with Crippen molar-refractivity contribution < 1.29 is 0 Å². The quantitative estimate of drug-likeness (QED) is 0.857. The number of nitrogen functional groups attached to an aromatic ring is 1. The molecule has 0 amide bonds. The molecular weight excluding hydrogens is 238 g/mol. The van der Waals surface area contributed by atoms with E-state index < -0.39 is 0 Å². The van der Waals surface area contributed by atoms with Crippen LogP contribution >= 0.6 is 0 Å². The summed E-state index contributed by atoms with van der Waals surface area (Å²) in [5, 5.41) is 12.1. The number of hydrogen-bond donors (Lipinski definition) is 1. The molecule has 2 aromatic rings. The average Bonchev–Trinajstić information content (AvgIpc) is 3.01. The van der Waals surface area contributed by atoms with Crippen molar-refractivity contribution in [2.75, 3.05) is 5.73 Å². The molecular formula is C14H19N5. The Labute approximate surface area is 112 Å². The highest BCUT2D eigenvalue weighted by Gasteiger charge is 2.25. The number of nitrogens with two attached hydrogens (primary N) is 1. The van der Waals surface area contributed by atoms with Gasteiger partial charge in [-0.05, 0) is 40.8 Å². The molecule has 5 nitrogen and oxygen atoms in total.